The van der Waals surface area contributed by atoms with Crippen molar-refractivity contribution in [3.05, 3.63) is 11.8 Å². The predicted octanol–water partition coefficient (Wildman–Crippen LogP) is 2.66. The summed E-state index contributed by atoms with van der Waals surface area (Å²) in [6.07, 6.45) is 3.38. The average Bonchev–Trinajstić information content (AvgIpc) is 2.21. The fraction of sp³-hybridized carbons (Fsp3) is 0.727. The van der Waals surface area contributed by atoms with Gasteiger partial charge < -0.3 is 9.47 Å². The number of hydrogen-bond donors (Lipinski definition) is 0. The van der Waals surface area contributed by atoms with Gasteiger partial charge in [-0.05, 0) is 26.7 Å². The van der Waals surface area contributed by atoms with Crippen molar-refractivity contribution >= 4 is 5.97 Å². The van der Waals surface area contributed by atoms with Gasteiger partial charge in [-0.25, -0.2) is 4.79 Å². The number of ether oxygens (including phenoxy) is 2. The van der Waals surface area contributed by atoms with E-state index >= 15 is 0 Å². The molecule has 14 heavy (non-hydrogen) atoms. The molecule has 0 aromatic carbocycles. The van der Waals surface area contributed by atoms with Crippen molar-refractivity contribution in [1.29, 1.82) is 0 Å². The Kier molecular flexibility index (Phi) is 6.89. The summed E-state index contributed by atoms with van der Waals surface area (Å²) in [5.41, 5.74) is 0.513. The maximum atomic E-state index is 11.2. The highest BCUT2D eigenvalue weighted by Gasteiger charge is 2.05. The zero-order valence-corrected chi connectivity index (χ0v) is 9.50. The van der Waals surface area contributed by atoms with Gasteiger partial charge in [-0.15, -0.1) is 0 Å². The molecule has 0 N–H and O–H groups in total. The average molecular weight is 200 g/mol. The molecule has 0 aromatic rings. The van der Waals surface area contributed by atoms with Gasteiger partial charge in [0, 0.05) is 0 Å². The number of carbonyl (C=O) groups is 1. The van der Waals surface area contributed by atoms with Crippen LogP contribution < -0.4 is 0 Å². The van der Waals surface area contributed by atoms with E-state index in [0.29, 0.717) is 12.2 Å². The lowest BCUT2D eigenvalue weighted by Gasteiger charge is -2.09. The molecule has 0 aromatic heterocycles. The molecule has 1 atom stereocenters. The van der Waals surface area contributed by atoms with Crippen LogP contribution in [0.15, 0.2) is 11.8 Å². The molecule has 0 fully saturated rings. The molecule has 0 saturated carbocycles. The number of rotatable bonds is 6. The molecule has 1 unspecified atom stereocenters. The van der Waals surface area contributed by atoms with Crippen molar-refractivity contribution < 1.29 is 14.3 Å². The fourth-order valence-corrected chi connectivity index (χ4v) is 0.671. The Morgan fingerprint density at radius 1 is 1.43 bits per heavy atom. The van der Waals surface area contributed by atoms with E-state index in [-0.39, 0.29) is 12.1 Å². The molecule has 0 heterocycles. The van der Waals surface area contributed by atoms with Gasteiger partial charge in [-0.2, -0.15) is 0 Å². The van der Waals surface area contributed by atoms with Crippen LogP contribution in [0.2, 0.25) is 0 Å². The van der Waals surface area contributed by atoms with Gasteiger partial charge in [0.25, 0.3) is 0 Å². The normalized spacial score (nSPS) is 13.6. The smallest absolute Gasteiger partial charge is 0.336 e. The third-order valence-corrected chi connectivity index (χ3v) is 1.81. The summed E-state index contributed by atoms with van der Waals surface area (Å²) in [5, 5.41) is 0. The SMILES string of the molecule is CCCOC(=O)C(C)=COC(C)CC. The van der Waals surface area contributed by atoms with Crippen LogP contribution in [0.1, 0.15) is 40.5 Å². The summed E-state index contributed by atoms with van der Waals surface area (Å²) in [6.45, 7) is 8.11. The molecule has 0 aliphatic rings. The quantitative estimate of drug-likeness (QED) is 0.375. The Hall–Kier alpha value is -0.990. The van der Waals surface area contributed by atoms with E-state index in [1.807, 2.05) is 20.8 Å². The van der Waals surface area contributed by atoms with Crippen LogP contribution in [0.5, 0.6) is 0 Å². The molecule has 82 valence electrons. The van der Waals surface area contributed by atoms with Crippen molar-refractivity contribution in [2.24, 2.45) is 0 Å². The third-order valence-electron chi connectivity index (χ3n) is 1.81. The highest BCUT2D eigenvalue weighted by Crippen LogP contribution is 2.02. The van der Waals surface area contributed by atoms with Gasteiger partial charge in [-0.1, -0.05) is 13.8 Å². The second-order valence-electron chi connectivity index (χ2n) is 3.29. The maximum absolute atomic E-state index is 11.2. The Bertz CT molecular complexity index is 197. The Morgan fingerprint density at radius 3 is 2.57 bits per heavy atom. The van der Waals surface area contributed by atoms with Crippen molar-refractivity contribution in [3.63, 3.8) is 0 Å². The summed E-state index contributed by atoms with van der Waals surface area (Å²) in [6, 6.07) is 0. The minimum Gasteiger partial charge on any atom is -0.498 e. The molecule has 0 aliphatic carbocycles. The van der Waals surface area contributed by atoms with Gasteiger partial charge in [0.1, 0.15) is 0 Å². The zero-order valence-electron chi connectivity index (χ0n) is 9.50. The van der Waals surface area contributed by atoms with Crippen molar-refractivity contribution in [1.82, 2.24) is 0 Å². The highest BCUT2D eigenvalue weighted by atomic mass is 16.5. The Morgan fingerprint density at radius 2 is 2.07 bits per heavy atom. The highest BCUT2D eigenvalue weighted by molar-refractivity contribution is 5.87. The largest absolute Gasteiger partial charge is 0.498 e. The van der Waals surface area contributed by atoms with Gasteiger partial charge in [0.05, 0.1) is 24.5 Å². The van der Waals surface area contributed by atoms with E-state index in [2.05, 4.69) is 0 Å². The van der Waals surface area contributed by atoms with Crippen LogP contribution in [0, 0.1) is 0 Å². The molecule has 0 radical (unpaired) electrons. The number of carbonyl (C=O) groups excluding carboxylic acids is 1. The molecule has 3 heteroatoms. The summed E-state index contributed by atoms with van der Waals surface area (Å²) < 4.78 is 10.2. The summed E-state index contributed by atoms with van der Waals surface area (Å²) in [7, 11) is 0. The first kappa shape index (κ1) is 13.0. The Labute approximate surface area is 86.1 Å². The minimum absolute atomic E-state index is 0.143. The lowest BCUT2D eigenvalue weighted by Crippen LogP contribution is -2.08. The fourth-order valence-electron chi connectivity index (χ4n) is 0.671. The summed E-state index contributed by atoms with van der Waals surface area (Å²) in [5.74, 6) is -0.296. The van der Waals surface area contributed by atoms with Crippen LogP contribution in [0.3, 0.4) is 0 Å². The van der Waals surface area contributed by atoms with Crippen LogP contribution in [-0.4, -0.2) is 18.7 Å². The zero-order chi connectivity index (χ0) is 11.0. The van der Waals surface area contributed by atoms with Gasteiger partial charge in [0.15, 0.2) is 0 Å². The van der Waals surface area contributed by atoms with Crippen molar-refractivity contribution in [2.75, 3.05) is 6.61 Å². The molecule has 0 spiro atoms. The summed E-state index contributed by atoms with van der Waals surface area (Å²) >= 11 is 0. The first-order valence-corrected chi connectivity index (χ1v) is 5.11. The van der Waals surface area contributed by atoms with Crippen LogP contribution in [-0.2, 0) is 14.3 Å². The van der Waals surface area contributed by atoms with Crippen LogP contribution in [0.4, 0.5) is 0 Å². The second kappa shape index (κ2) is 7.42. The van der Waals surface area contributed by atoms with Gasteiger partial charge in [-0.3, -0.25) is 0 Å². The molecule has 0 amide bonds. The minimum atomic E-state index is -0.296. The van der Waals surface area contributed by atoms with E-state index in [4.69, 9.17) is 9.47 Å². The monoisotopic (exact) mass is 200 g/mol. The lowest BCUT2D eigenvalue weighted by atomic mass is 10.3. The molecule has 0 saturated heterocycles. The standard InChI is InChI=1S/C11H20O3/c1-5-7-13-11(12)9(3)8-14-10(4)6-2/h8,10H,5-7H2,1-4H3. The molecule has 0 bridgehead atoms. The Balaban J connectivity index is 3.91. The topological polar surface area (TPSA) is 35.5 Å². The number of esters is 1. The molecular weight excluding hydrogens is 180 g/mol. The maximum Gasteiger partial charge on any atom is 0.336 e. The van der Waals surface area contributed by atoms with E-state index in [9.17, 15) is 4.79 Å². The summed E-state index contributed by atoms with van der Waals surface area (Å²) in [4.78, 5) is 11.2. The van der Waals surface area contributed by atoms with E-state index in [1.54, 1.807) is 6.92 Å². The molecule has 0 rings (SSSR count). The molecule has 3 nitrogen and oxygen atoms in total. The second-order valence-corrected chi connectivity index (χ2v) is 3.29. The van der Waals surface area contributed by atoms with Crippen LogP contribution >= 0.6 is 0 Å². The molecule has 0 aliphatic heterocycles. The van der Waals surface area contributed by atoms with Gasteiger partial charge in [0.2, 0.25) is 0 Å². The lowest BCUT2D eigenvalue weighted by molar-refractivity contribution is -0.139. The van der Waals surface area contributed by atoms with Crippen molar-refractivity contribution in [2.45, 2.75) is 46.6 Å². The third kappa shape index (κ3) is 5.62. The molecular formula is C11H20O3. The van der Waals surface area contributed by atoms with E-state index in [1.165, 1.54) is 6.26 Å². The predicted molar refractivity (Wildman–Crippen MR) is 55.8 cm³/mol. The van der Waals surface area contributed by atoms with E-state index < -0.39 is 0 Å². The van der Waals surface area contributed by atoms with Gasteiger partial charge >= 0.3 is 5.97 Å². The van der Waals surface area contributed by atoms with Crippen molar-refractivity contribution in [3.8, 4) is 0 Å². The number of hydrogen-bond acceptors (Lipinski definition) is 3. The first-order valence-electron chi connectivity index (χ1n) is 5.11. The first-order chi connectivity index (χ1) is 6.61. The van der Waals surface area contributed by atoms with Crippen LogP contribution in [0.25, 0.3) is 0 Å². The van der Waals surface area contributed by atoms with E-state index in [0.717, 1.165) is 12.8 Å².